The van der Waals surface area contributed by atoms with E-state index < -0.39 is 16.9 Å². The summed E-state index contributed by atoms with van der Waals surface area (Å²) in [6, 6.07) is 10.0. The highest BCUT2D eigenvalue weighted by Crippen LogP contribution is 2.25. The van der Waals surface area contributed by atoms with Crippen molar-refractivity contribution in [2.45, 2.75) is 9.79 Å². The van der Waals surface area contributed by atoms with Crippen LogP contribution in [-0.4, -0.2) is 16.2 Å². The third-order valence-electron chi connectivity index (χ3n) is 2.96. The first-order valence-electron chi connectivity index (χ1n) is 7.23. The minimum atomic E-state index is -0.738. The lowest BCUT2D eigenvalue weighted by Crippen LogP contribution is -2.09. The van der Waals surface area contributed by atoms with E-state index in [9.17, 15) is 18.8 Å². The van der Waals surface area contributed by atoms with Gasteiger partial charge in [-0.05, 0) is 78.1 Å². The summed E-state index contributed by atoms with van der Waals surface area (Å²) >= 11 is 1.68. The quantitative estimate of drug-likeness (QED) is 0.311. The molecule has 0 spiro atoms. The number of thioether (sulfide) groups is 2. The zero-order valence-electron chi connectivity index (χ0n) is 13.4. The van der Waals surface area contributed by atoms with E-state index in [2.05, 4.69) is 13.2 Å². The highest BCUT2D eigenvalue weighted by Gasteiger charge is 2.14. The van der Waals surface area contributed by atoms with E-state index in [4.69, 9.17) is 4.74 Å². The van der Waals surface area contributed by atoms with Gasteiger partial charge in [-0.3, -0.25) is 9.59 Å². The number of rotatable bonds is 6. The normalized spacial score (nSPS) is 10.0. The molecule has 0 bridgehead atoms. The average Bonchev–Trinajstić information content (AvgIpc) is 2.64. The van der Waals surface area contributed by atoms with Crippen molar-refractivity contribution < 1.29 is 23.5 Å². The topological polar surface area (TPSA) is 60.4 Å². The first kappa shape index (κ1) is 19.7. The van der Waals surface area contributed by atoms with E-state index >= 15 is 0 Å². The molecule has 0 heterocycles. The third-order valence-corrected chi connectivity index (χ3v) is 4.76. The van der Waals surface area contributed by atoms with E-state index in [1.54, 1.807) is 12.1 Å². The van der Waals surface area contributed by atoms with Gasteiger partial charge in [0, 0.05) is 4.90 Å². The molecule has 0 unspecified atom stereocenters. The summed E-state index contributed by atoms with van der Waals surface area (Å²) in [5, 5.41) is -0.592. The third kappa shape index (κ3) is 5.44. The Morgan fingerprint density at radius 1 is 0.923 bits per heavy atom. The minimum absolute atomic E-state index is 0.0122. The van der Waals surface area contributed by atoms with Crippen LogP contribution in [0, 0.1) is 5.82 Å². The maximum absolute atomic E-state index is 14.0. The molecule has 26 heavy (non-hydrogen) atoms. The molecule has 0 aliphatic heterocycles. The van der Waals surface area contributed by atoms with Crippen molar-refractivity contribution >= 4 is 39.7 Å². The van der Waals surface area contributed by atoms with E-state index in [1.807, 2.05) is 0 Å². The molecular weight excluding hydrogens is 375 g/mol. The molecule has 0 amide bonds. The van der Waals surface area contributed by atoms with E-state index in [1.165, 1.54) is 30.3 Å². The molecule has 132 valence electrons. The number of halogens is 1. The molecule has 0 N–H and O–H groups in total. The molecule has 0 saturated heterocycles. The molecule has 0 radical (unpaired) electrons. The van der Waals surface area contributed by atoms with Gasteiger partial charge in [-0.2, -0.15) is 0 Å². The summed E-state index contributed by atoms with van der Waals surface area (Å²) in [5.74, 6) is -1.18. The second-order valence-corrected chi connectivity index (χ2v) is 6.88. The average molecular weight is 388 g/mol. The Bertz CT molecular complexity index is 876. The van der Waals surface area contributed by atoms with Crippen molar-refractivity contribution in [1.82, 2.24) is 0 Å². The van der Waals surface area contributed by atoms with Crippen LogP contribution in [0.25, 0.3) is 0 Å². The van der Waals surface area contributed by atoms with Gasteiger partial charge < -0.3 is 4.74 Å². The molecule has 2 aromatic carbocycles. The van der Waals surface area contributed by atoms with Crippen molar-refractivity contribution in [2.24, 2.45) is 0 Å². The lowest BCUT2D eigenvalue weighted by atomic mass is 10.2. The largest absolute Gasteiger partial charge is 0.423 e. The van der Waals surface area contributed by atoms with E-state index in [-0.39, 0.29) is 21.3 Å². The standard InChI is InChI=1S/C19H13FO4S2/c1-3-17(21)25-14-8-6-13(7-9-14)24-19(23)12-5-10-16(15(20)11-12)26-18(22)4-2/h3-11H,1-2H2. The molecule has 0 saturated carbocycles. The smallest absolute Gasteiger partial charge is 0.343 e. The Morgan fingerprint density at radius 3 is 2.12 bits per heavy atom. The van der Waals surface area contributed by atoms with Crippen LogP contribution < -0.4 is 4.74 Å². The minimum Gasteiger partial charge on any atom is -0.423 e. The Labute approximate surface area is 158 Å². The number of hydrogen-bond donors (Lipinski definition) is 0. The van der Waals surface area contributed by atoms with Gasteiger partial charge in [0.25, 0.3) is 0 Å². The van der Waals surface area contributed by atoms with Crippen molar-refractivity contribution in [3.63, 3.8) is 0 Å². The van der Waals surface area contributed by atoms with Crippen LogP contribution >= 0.6 is 23.5 Å². The second kappa shape index (κ2) is 9.17. The number of ether oxygens (including phenoxy) is 1. The Balaban J connectivity index is 2.06. The fourth-order valence-electron chi connectivity index (χ4n) is 1.76. The molecule has 2 rings (SSSR count). The van der Waals surface area contributed by atoms with Crippen LogP contribution in [0.1, 0.15) is 10.4 Å². The highest BCUT2D eigenvalue weighted by atomic mass is 32.2. The number of carbonyl (C=O) groups is 3. The summed E-state index contributed by atoms with van der Waals surface area (Å²) < 4.78 is 19.2. The van der Waals surface area contributed by atoms with Gasteiger partial charge >= 0.3 is 5.97 Å². The molecule has 0 fully saturated rings. The van der Waals surface area contributed by atoms with Gasteiger partial charge in [0.1, 0.15) is 11.6 Å². The highest BCUT2D eigenvalue weighted by molar-refractivity contribution is 8.14. The maximum Gasteiger partial charge on any atom is 0.343 e. The van der Waals surface area contributed by atoms with Crippen molar-refractivity contribution in [3.8, 4) is 5.75 Å². The Kier molecular flexibility index (Phi) is 6.94. The molecule has 0 aliphatic rings. The summed E-state index contributed by atoms with van der Waals surface area (Å²) in [7, 11) is 0. The second-order valence-electron chi connectivity index (χ2n) is 4.76. The first-order valence-corrected chi connectivity index (χ1v) is 8.86. The first-order chi connectivity index (χ1) is 12.4. The number of hydrogen-bond acceptors (Lipinski definition) is 6. The number of benzene rings is 2. The monoisotopic (exact) mass is 388 g/mol. The lowest BCUT2D eigenvalue weighted by Gasteiger charge is -2.06. The molecule has 0 aromatic heterocycles. The predicted octanol–water partition coefficient (Wildman–Crippen LogP) is 4.65. The van der Waals surface area contributed by atoms with Crippen LogP contribution in [0.4, 0.5) is 4.39 Å². The van der Waals surface area contributed by atoms with Gasteiger partial charge in [-0.25, -0.2) is 9.18 Å². The van der Waals surface area contributed by atoms with Crippen LogP contribution in [0.15, 0.2) is 77.6 Å². The van der Waals surface area contributed by atoms with Gasteiger partial charge in [0.2, 0.25) is 10.2 Å². The molecule has 7 heteroatoms. The molecule has 2 aromatic rings. The fourth-order valence-corrected chi connectivity index (χ4v) is 2.94. The van der Waals surface area contributed by atoms with Crippen LogP contribution in [0.3, 0.4) is 0 Å². The summed E-state index contributed by atoms with van der Waals surface area (Å²) in [6.07, 6.45) is 2.29. The summed E-state index contributed by atoms with van der Waals surface area (Å²) in [4.78, 5) is 35.4. The summed E-state index contributed by atoms with van der Waals surface area (Å²) in [6.45, 7) is 6.70. The Morgan fingerprint density at radius 2 is 1.54 bits per heavy atom. The molecule has 0 atom stereocenters. The van der Waals surface area contributed by atoms with Gasteiger partial charge in [0.05, 0.1) is 10.5 Å². The lowest BCUT2D eigenvalue weighted by molar-refractivity contribution is -0.107. The van der Waals surface area contributed by atoms with Crippen molar-refractivity contribution in [3.05, 3.63) is 79.2 Å². The summed E-state index contributed by atoms with van der Waals surface area (Å²) in [5.41, 5.74) is 0.0122. The number of esters is 1. The van der Waals surface area contributed by atoms with Crippen molar-refractivity contribution in [1.29, 1.82) is 0 Å². The van der Waals surface area contributed by atoms with Crippen LogP contribution in [-0.2, 0) is 9.59 Å². The van der Waals surface area contributed by atoms with Gasteiger partial charge in [0.15, 0.2) is 0 Å². The zero-order valence-corrected chi connectivity index (χ0v) is 15.1. The van der Waals surface area contributed by atoms with Crippen LogP contribution in [0.2, 0.25) is 0 Å². The number of carbonyl (C=O) groups excluding carboxylic acids is 3. The maximum atomic E-state index is 14.0. The SMILES string of the molecule is C=CC(=O)Sc1ccc(OC(=O)c2ccc(SC(=O)C=C)c(F)c2)cc1. The molecule has 4 nitrogen and oxygen atoms in total. The Hall–Kier alpha value is -2.64. The fraction of sp³-hybridized carbons (Fsp3) is 0. The molecular formula is C19H13FO4S2. The van der Waals surface area contributed by atoms with Gasteiger partial charge in [-0.1, -0.05) is 13.2 Å². The van der Waals surface area contributed by atoms with E-state index in [0.717, 1.165) is 23.9 Å². The molecule has 0 aliphatic carbocycles. The van der Waals surface area contributed by atoms with Crippen LogP contribution in [0.5, 0.6) is 5.75 Å². The van der Waals surface area contributed by atoms with E-state index in [0.29, 0.717) is 16.7 Å². The van der Waals surface area contributed by atoms with Gasteiger partial charge in [-0.15, -0.1) is 0 Å². The predicted molar refractivity (Wildman–Crippen MR) is 99.9 cm³/mol. The zero-order chi connectivity index (χ0) is 19.1. The van der Waals surface area contributed by atoms with Crippen molar-refractivity contribution in [2.75, 3.05) is 0 Å².